The molecule has 2 aliphatic carbocycles. The van der Waals surface area contributed by atoms with Crippen LogP contribution in [0.1, 0.15) is 44.9 Å². The quantitative estimate of drug-likeness (QED) is 0.850. The number of nitrogens with one attached hydrogen (secondary N) is 1. The summed E-state index contributed by atoms with van der Waals surface area (Å²) in [4.78, 5) is 4.15. The molecule has 2 aliphatic rings. The van der Waals surface area contributed by atoms with Crippen LogP contribution < -0.4 is 5.32 Å². The highest BCUT2D eigenvalue weighted by molar-refractivity contribution is 6.33. The van der Waals surface area contributed by atoms with Gasteiger partial charge in [0.05, 0.1) is 16.9 Å². The minimum absolute atomic E-state index is 0.589. The van der Waals surface area contributed by atoms with Gasteiger partial charge in [-0.1, -0.05) is 37.3 Å². The molecule has 3 rings (SSSR count). The molecule has 0 spiro atoms. The van der Waals surface area contributed by atoms with Crippen molar-refractivity contribution in [1.82, 2.24) is 4.98 Å². The lowest BCUT2D eigenvalue weighted by Crippen LogP contribution is -2.34. The summed E-state index contributed by atoms with van der Waals surface area (Å²) >= 11 is 6.18. The minimum atomic E-state index is 0.589. The van der Waals surface area contributed by atoms with Crippen LogP contribution in [0.5, 0.6) is 0 Å². The Kier molecular flexibility index (Phi) is 3.74. The molecule has 0 aromatic carbocycles. The van der Waals surface area contributed by atoms with Crippen LogP contribution in [-0.4, -0.2) is 11.0 Å². The Bertz CT molecular complexity index is 407. The summed E-state index contributed by atoms with van der Waals surface area (Å²) in [6.07, 6.45) is 13.4. The maximum atomic E-state index is 6.18. The molecule has 1 N–H and O–H groups in total. The van der Waals surface area contributed by atoms with Crippen molar-refractivity contribution < 1.29 is 0 Å². The van der Waals surface area contributed by atoms with Crippen LogP contribution in [0.25, 0.3) is 0 Å². The highest BCUT2D eigenvalue weighted by Crippen LogP contribution is 2.41. The van der Waals surface area contributed by atoms with E-state index in [-0.39, 0.29) is 0 Å². The number of halogens is 1. The first-order chi connectivity index (χ1) is 8.83. The fourth-order valence-corrected chi connectivity index (χ4v) is 3.87. The predicted octanol–water partition coefficient (Wildman–Crippen LogP) is 4.51. The SMILES string of the molecule is Clc1ccncc1NC1CCC2CCCCC2C1. The summed E-state index contributed by atoms with van der Waals surface area (Å²) in [5.74, 6) is 1.95. The molecular formula is C15H21ClN2. The number of anilines is 1. The smallest absolute Gasteiger partial charge is 0.0718 e. The maximum Gasteiger partial charge on any atom is 0.0718 e. The Morgan fingerprint density at radius 3 is 2.78 bits per heavy atom. The molecule has 2 nitrogen and oxygen atoms in total. The van der Waals surface area contributed by atoms with Crippen molar-refractivity contribution >= 4 is 17.3 Å². The summed E-state index contributed by atoms with van der Waals surface area (Å²) in [6, 6.07) is 2.45. The lowest BCUT2D eigenvalue weighted by molar-refractivity contribution is 0.162. The summed E-state index contributed by atoms with van der Waals surface area (Å²) in [5, 5.41) is 4.38. The van der Waals surface area contributed by atoms with Crippen molar-refractivity contribution in [3.05, 3.63) is 23.5 Å². The minimum Gasteiger partial charge on any atom is -0.380 e. The number of fused-ring (bicyclic) bond motifs is 1. The Balaban J connectivity index is 1.63. The van der Waals surface area contributed by atoms with E-state index in [1.807, 2.05) is 12.3 Å². The summed E-state index contributed by atoms with van der Waals surface area (Å²) in [7, 11) is 0. The average molecular weight is 265 g/mol. The molecule has 3 heteroatoms. The zero-order chi connectivity index (χ0) is 12.4. The predicted molar refractivity (Wildman–Crippen MR) is 76.0 cm³/mol. The number of rotatable bonds is 2. The van der Waals surface area contributed by atoms with Crippen molar-refractivity contribution in [3.63, 3.8) is 0 Å². The summed E-state index contributed by atoms with van der Waals surface area (Å²) in [5.41, 5.74) is 0.999. The highest BCUT2D eigenvalue weighted by Gasteiger charge is 2.32. The second-order valence-corrected chi connectivity index (χ2v) is 6.22. The van der Waals surface area contributed by atoms with E-state index < -0.39 is 0 Å². The first-order valence-electron chi connectivity index (χ1n) is 7.19. The molecule has 0 radical (unpaired) electrons. The van der Waals surface area contributed by atoms with E-state index in [1.165, 1.54) is 44.9 Å². The molecule has 0 saturated heterocycles. The molecule has 1 aromatic heterocycles. The summed E-state index contributed by atoms with van der Waals surface area (Å²) in [6.45, 7) is 0. The second-order valence-electron chi connectivity index (χ2n) is 5.81. The normalized spacial score (nSPS) is 31.7. The van der Waals surface area contributed by atoms with Crippen LogP contribution in [0, 0.1) is 11.8 Å². The van der Waals surface area contributed by atoms with Crippen molar-refractivity contribution in [2.24, 2.45) is 11.8 Å². The van der Waals surface area contributed by atoms with Gasteiger partial charge in [-0.25, -0.2) is 0 Å². The zero-order valence-electron chi connectivity index (χ0n) is 10.7. The third-order valence-corrected chi connectivity index (χ3v) is 5.00. The molecule has 98 valence electrons. The highest BCUT2D eigenvalue weighted by atomic mass is 35.5. The van der Waals surface area contributed by atoms with E-state index >= 15 is 0 Å². The van der Waals surface area contributed by atoms with Crippen LogP contribution in [-0.2, 0) is 0 Å². The number of aromatic nitrogens is 1. The zero-order valence-corrected chi connectivity index (χ0v) is 11.5. The van der Waals surface area contributed by atoms with Gasteiger partial charge < -0.3 is 5.32 Å². The van der Waals surface area contributed by atoms with Gasteiger partial charge in [0.1, 0.15) is 0 Å². The maximum absolute atomic E-state index is 6.18. The van der Waals surface area contributed by atoms with Gasteiger partial charge >= 0.3 is 0 Å². The topological polar surface area (TPSA) is 24.9 Å². The van der Waals surface area contributed by atoms with Crippen molar-refractivity contribution in [2.75, 3.05) is 5.32 Å². The van der Waals surface area contributed by atoms with Gasteiger partial charge in [0, 0.05) is 12.2 Å². The van der Waals surface area contributed by atoms with Crippen molar-refractivity contribution in [1.29, 1.82) is 0 Å². The van der Waals surface area contributed by atoms with Gasteiger partial charge in [-0.2, -0.15) is 0 Å². The number of hydrogen-bond acceptors (Lipinski definition) is 2. The van der Waals surface area contributed by atoms with E-state index in [0.717, 1.165) is 22.5 Å². The van der Waals surface area contributed by atoms with E-state index in [0.29, 0.717) is 6.04 Å². The van der Waals surface area contributed by atoms with Crippen molar-refractivity contribution in [2.45, 2.75) is 51.0 Å². The monoisotopic (exact) mass is 264 g/mol. The van der Waals surface area contributed by atoms with Gasteiger partial charge in [-0.3, -0.25) is 4.98 Å². The second kappa shape index (κ2) is 5.48. The lowest BCUT2D eigenvalue weighted by atomic mass is 9.69. The molecular weight excluding hydrogens is 244 g/mol. The molecule has 18 heavy (non-hydrogen) atoms. The van der Waals surface area contributed by atoms with Gasteiger partial charge in [0.2, 0.25) is 0 Å². The van der Waals surface area contributed by atoms with Gasteiger partial charge in [-0.05, 0) is 37.2 Å². The fourth-order valence-electron chi connectivity index (χ4n) is 3.71. The molecule has 3 atom stereocenters. The molecule has 1 heterocycles. The van der Waals surface area contributed by atoms with Crippen LogP contribution in [0.3, 0.4) is 0 Å². The van der Waals surface area contributed by atoms with Crippen molar-refractivity contribution in [3.8, 4) is 0 Å². The Morgan fingerprint density at radius 1 is 1.11 bits per heavy atom. The molecule has 0 aliphatic heterocycles. The first-order valence-corrected chi connectivity index (χ1v) is 7.57. The van der Waals surface area contributed by atoms with E-state index in [2.05, 4.69) is 10.3 Å². The van der Waals surface area contributed by atoms with Gasteiger partial charge in [-0.15, -0.1) is 0 Å². The van der Waals surface area contributed by atoms with Gasteiger partial charge in [0.15, 0.2) is 0 Å². The molecule has 0 amide bonds. The van der Waals surface area contributed by atoms with E-state index in [9.17, 15) is 0 Å². The molecule has 2 fully saturated rings. The summed E-state index contributed by atoms with van der Waals surface area (Å²) < 4.78 is 0. The van der Waals surface area contributed by atoms with E-state index in [1.54, 1.807) is 6.20 Å². The Labute approximate surface area is 114 Å². The standard InChI is InChI=1S/C15H21ClN2/c16-14-7-8-17-10-15(14)18-13-6-5-11-3-1-2-4-12(11)9-13/h7-8,10-13,18H,1-6,9H2. The molecule has 3 unspecified atom stereocenters. The third kappa shape index (κ3) is 2.64. The number of nitrogens with zero attached hydrogens (tertiary/aromatic N) is 1. The fraction of sp³-hybridized carbons (Fsp3) is 0.667. The van der Waals surface area contributed by atoms with Crippen LogP contribution in [0.15, 0.2) is 18.5 Å². The Morgan fingerprint density at radius 2 is 1.94 bits per heavy atom. The third-order valence-electron chi connectivity index (χ3n) is 4.67. The molecule has 2 saturated carbocycles. The van der Waals surface area contributed by atoms with Crippen LogP contribution in [0.4, 0.5) is 5.69 Å². The number of hydrogen-bond donors (Lipinski definition) is 1. The van der Waals surface area contributed by atoms with E-state index in [4.69, 9.17) is 11.6 Å². The largest absolute Gasteiger partial charge is 0.380 e. The van der Waals surface area contributed by atoms with Crippen LogP contribution >= 0.6 is 11.6 Å². The lowest BCUT2D eigenvalue weighted by Gasteiger charge is -2.39. The van der Waals surface area contributed by atoms with Crippen LogP contribution in [0.2, 0.25) is 5.02 Å². The molecule has 0 bridgehead atoms. The molecule has 1 aromatic rings. The number of pyridine rings is 1. The van der Waals surface area contributed by atoms with Gasteiger partial charge in [0.25, 0.3) is 0 Å². The first kappa shape index (κ1) is 12.3. The Hall–Kier alpha value is -0.760. The average Bonchev–Trinajstić information content (AvgIpc) is 2.41.